The van der Waals surface area contributed by atoms with Gasteiger partial charge in [0.2, 0.25) is 0 Å². The summed E-state index contributed by atoms with van der Waals surface area (Å²) in [6, 6.07) is 5.35. The number of aromatic nitrogens is 3. The predicted molar refractivity (Wildman–Crippen MR) is 80.1 cm³/mol. The third kappa shape index (κ3) is 2.20. The molecule has 21 heavy (non-hydrogen) atoms. The molecule has 1 saturated carbocycles. The first-order valence-corrected chi connectivity index (χ1v) is 8.90. The van der Waals surface area contributed by atoms with Crippen molar-refractivity contribution in [3.05, 3.63) is 41.0 Å². The molecule has 0 unspecified atom stereocenters. The van der Waals surface area contributed by atoms with Crippen molar-refractivity contribution in [3.8, 4) is 0 Å². The lowest BCUT2D eigenvalue weighted by molar-refractivity contribution is 0.596. The molecule has 0 atom stereocenters. The molecular weight excluding hydrogens is 308 g/mol. The van der Waals surface area contributed by atoms with Crippen LogP contribution >= 0.6 is 11.3 Å². The molecule has 4 rings (SSSR count). The van der Waals surface area contributed by atoms with Gasteiger partial charge in [0, 0.05) is 6.20 Å². The molecular formula is C13H12N4O2S2. The number of nitrogens with zero attached hydrogens (tertiary/aromatic N) is 3. The van der Waals surface area contributed by atoms with E-state index in [1.54, 1.807) is 28.2 Å². The Morgan fingerprint density at radius 1 is 1.29 bits per heavy atom. The summed E-state index contributed by atoms with van der Waals surface area (Å²) in [5, 5.41) is 0.118. The molecule has 0 radical (unpaired) electrons. The van der Waals surface area contributed by atoms with Crippen LogP contribution in [-0.4, -0.2) is 22.8 Å². The van der Waals surface area contributed by atoms with Gasteiger partial charge in [-0.1, -0.05) is 6.07 Å². The third-order valence-electron chi connectivity index (χ3n) is 3.43. The van der Waals surface area contributed by atoms with Crippen molar-refractivity contribution >= 4 is 32.8 Å². The number of pyridine rings is 1. The highest BCUT2D eigenvalue weighted by Gasteiger charge is 2.30. The highest BCUT2D eigenvalue weighted by atomic mass is 32.2. The number of anilines is 1. The van der Waals surface area contributed by atoms with E-state index in [4.69, 9.17) is 0 Å². The summed E-state index contributed by atoms with van der Waals surface area (Å²) in [6.45, 7) is 0. The van der Waals surface area contributed by atoms with Crippen LogP contribution in [-0.2, 0) is 10.0 Å². The van der Waals surface area contributed by atoms with Gasteiger partial charge in [0.1, 0.15) is 5.65 Å². The number of thiazole rings is 1. The molecule has 3 aromatic heterocycles. The molecule has 6 nitrogen and oxygen atoms in total. The number of hydrogen-bond acceptors (Lipinski definition) is 5. The third-order valence-corrected chi connectivity index (χ3v) is 5.74. The second-order valence-corrected chi connectivity index (χ2v) is 7.49. The lowest BCUT2D eigenvalue weighted by Crippen LogP contribution is -2.16. The first-order chi connectivity index (χ1) is 10.1. The van der Waals surface area contributed by atoms with Crippen LogP contribution in [0.1, 0.15) is 23.6 Å². The summed E-state index contributed by atoms with van der Waals surface area (Å²) >= 11 is 1.50. The molecule has 0 bridgehead atoms. The van der Waals surface area contributed by atoms with Gasteiger partial charge >= 0.3 is 0 Å². The van der Waals surface area contributed by atoms with Crippen molar-refractivity contribution in [2.45, 2.75) is 23.8 Å². The Kier molecular flexibility index (Phi) is 2.76. The molecule has 0 spiro atoms. The van der Waals surface area contributed by atoms with Gasteiger partial charge in [0.15, 0.2) is 10.8 Å². The molecule has 0 saturated heterocycles. The fraction of sp³-hybridized carbons (Fsp3) is 0.231. The predicted octanol–water partition coefficient (Wildman–Crippen LogP) is 2.47. The first kappa shape index (κ1) is 12.8. The Bertz CT molecular complexity index is 909. The average molecular weight is 320 g/mol. The fourth-order valence-electron chi connectivity index (χ4n) is 2.25. The number of imidazole rings is 1. The monoisotopic (exact) mass is 320 g/mol. The van der Waals surface area contributed by atoms with Crippen molar-refractivity contribution < 1.29 is 8.42 Å². The number of hydrogen-bond donors (Lipinski definition) is 1. The minimum Gasteiger partial charge on any atom is -0.289 e. The Hall–Kier alpha value is -1.93. The molecule has 1 aliphatic carbocycles. The summed E-state index contributed by atoms with van der Waals surface area (Å²) in [5.41, 5.74) is 2.28. The number of fused-ring (bicyclic) bond motifs is 1. The van der Waals surface area contributed by atoms with E-state index in [0.29, 0.717) is 17.4 Å². The maximum Gasteiger partial charge on any atom is 0.280 e. The van der Waals surface area contributed by atoms with E-state index < -0.39 is 10.0 Å². The molecule has 108 valence electrons. The Balaban J connectivity index is 1.74. The van der Waals surface area contributed by atoms with Gasteiger partial charge in [-0.25, -0.2) is 9.97 Å². The Morgan fingerprint density at radius 3 is 2.95 bits per heavy atom. The molecule has 1 aliphatic rings. The minimum absolute atomic E-state index is 0.118. The van der Waals surface area contributed by atoms with Crippen LogP contribution in [0.2, 0.25) is 0 Å². The van der Waals surface area contributed by atoms with Gasteiger partial charge in [-0.15, -0.1) is 11.3 Å². The SMILES string of the molecule is O=S(=O)(Nc1ncsc1C1CC1)c1cnc2ccccn12. The summed E-state index contributed by atoms with van der Waals surface area (Å²) in [7, 11) is -3.70. The van der Waals surface area contributed by atoms with E-state index in [1.165, 1.54) is 17.5 Å². The van der Waals surface area contributed by atoms with E-state index >= 15 is 0 Å². The van der Waals surface area contributed by atoms with E-state index in [1.807, 2.05) is 6.07 Å². The summed E-state index contributed by atoms with van der Waals surface area (Å²) < 4.78 is 29.3. The number of nitrogens with one attached hydrogen (secondary N) is 1. The van der Waals surface area contributed by atoms with Crippen molar-refractivity contribution in [2.24, 2.45) is 0 Å². The van der Waals surface area contributed by atoms with E-state index in [9.17, 15) is 8.42 Å². The zero-order valence-electron chi connectivity index (χ0n) is 10.9. The molecule has 1 N–H and O–H groups in total. The van der Waals surface area contributed by atoms with Gasteiger partial charge < -0.3 is 0 Å². The van der Waals surface area contributed by atoms with E-state index in [2.05, 4.69) is 14.7 Å². The maximum absolute atomic E-state index is 12.6. The van der Waals surface area contributed by atoms with Crippen molar-refractivity contribution in [1.29, 1.82) is 0 Å². The lowest BCUT2D eigenvalue weighted by Gasteiger charge is -2.07. The summed E-state index contributed by atoms with van der Waals surface area (Å²) in [4.78, 5) is 9.28. The fourth-order valence-corrected chi connectivity index (χ4v) is 4.36. The molecule has 0 amide bonds. The van der Waals surface area contributed by atoms with Gasteiger partial charge in [0.05, 0.1) is 16.6 Å². The second kappa shape index (κ2) is 4.54. The number of rotatable bonds is 4. The van der Waals surface area contributed by atoms with Gasteiger partial charge in [-0.3, -0.25) is 9.12 Å². The van der Waals surface area contributed by atoms with Gasteiger partial charge in [-0.2, -0.15) is 8.42 Å². The molecule has 0 aliphatic heterocycles. The highest BCUT2D eigenvalue weighted by Crippen LogP contribution is 2.45. The molecule has 3 heterocycles. The van der Waals surface area contributed by atoms with Crippen LogP contribution in [0.3, 0.4) is 0 Å². The topological polar surface area (TPSA) is 76.4 Å². The molecule has 8 heteroatoms. The smallest absolute Gasteiger partial charge is 0.280 e. The maximum atomic E-state index is 12.6. The van der Waals surface area contributed by atoms with Crippen LogP contribution in [0.25, 0.3) is 5.65 Å². The Labute approximate surface area is 125 Å². The zero-order valence-corrected chi connectivity index (χ0v) is 12.6. The molecule has 3 aromatic rings. The number of sulfonamides is 1. The van der Waals surface area contributed by atoms with Crippen molar-refractivity contribution in [2.75, 3.05) is 4.72 Å². The van der Waals surface area contributed by atoms with Crippen LogP contribution in [0.5, 0.6) is 0 Å². The minimum atomic E-state index is -3.70. The zero-order chi connectivity index (χ0) is 14.4. The standard InChI is InChI=1S/C13H12N4O2S2/c18-21(19,11-7-14-10-3-1-2-6-17(10)11)16-13-12(9-4-5-9)20-8-15-13/h1-3,6-9,16H,4-5H2. The normalized spacial score (nSPS) is 15.4. The Morgan fingerprint density at radius 2 is 2.14 bits per heavy atom. The van der Waals surface area contributed by atoms with Crippen LogP contribution in [0, 0.1) is 0 Å². The van der Waals surface area contributed by atoms with Gasteiger partial charge in [-0.05, 0) is 30.9 Å². The largest absolute Gasteiger partial charge is 0.289 e. The van der Waals surface area contributed by atoms with E-state index in [-0.39, 0.29) is 5.03 Å². The first-order valence-electron chi connectivity index (χ1n) is 6.53. The van der Waals surface area contributed by atoms with Gasteiger partial charge in [0.25, 0.3) is 10.0 Å². The summed E-state index contributed by atoms with van der Waals surface area (Å²) in [5.74, 6) is 0.908. The van der Waals surface area contributed by atoms with Crippen LogP contribution in [0.15, 0.2) is 41.1 Å². The molecule has 0 aromatic carbocycles. The highest BCUT2D eigenvalue weighted by molar-refractivity contribution is 7.92. The summed E-state index contributed by atoms with van der Waals surface area (Å²) in [6.07, 6.45) is 5.25. The van der Waals surface area contributed by atoms with E-state index in [0.717, 1.165) is 17.7 Å². The van der Waals surface area contributed by atoms with Crippen molar-refractivity contribution in [3.63, 3.8) is 0 Å². The van der Waals surface area contributed by atoms with Crippen LogP contribution in [0.4, 0.5) is 5.82 Å². The van der Waals surface area contributed by atoms with Crippen molar-refractivity contribution in [1.82, 2.24) is 14.4 Å². The average Bonchev–Trinajstić information content (AvgIpc) is 3.04. The second-order valence-electron chi connectivity index (χ2n) is 4.97. The lowest BCUT2D eigenvalue weighted by atomic mass is 10.3. The molecule has 1 fully saturated rings. The quantitative estimate of drug-likeness (QED) is 0.801. The van der Waals surface area contributed by atoms with Crippen LogP contribution < -0.4 is 4.72 Å².